The fourth-order valence-electron chi connectivity index (χ4n) is 4.05. The van der Waals surface area contributed by atoms with Gasteiger partial charge in [0, 0.05) is 62.9 Å². The second-order valence-corrected chi connectivity index (χ2v) is 10.7. The van der Waals surface area contributed by atoms with Gasteiger partial charge in [-0.3, -0.25) is 4.79 Å². The molecule has 1 amide bonds. The molecular formula is C26H29FN4O3S. The topological polar surface area (TPSA) is 73.0 Å². The SMILES string of the molecule is Cc1cc(N(C)C)ccc1NC(=O)c1cccc(S(=O)(=O)N2CCN(c3ccc(F)cc3)CC2)c1. The molecule has 0 saturated carbocycles. The summed E-state index contributed by atoms with van der Waals surface area (Å²) in [6.07, 6.45) is 0. The van der Waals surface area contributed by atoms with Gasteiger partial charge in [-0.2, -0.15) is 4.31 Å². The number of benzene rings is 3. The molecule has 1 fully saturated rings. The molecule has 0 bridgehead atoms. The van der Waals surface area contributed by atoms with Gasteiger partial charge in [-0.25, -0.2) is 12.8 Å². The van der Waals surface area contributed by atoms with Crippen LogP contribution in [0.25, 0.3) is 0 Å². The van der Waals surface area contributed by atoms with Crippen molar-refractivity contribution in [3.05, 3.63) is 83.7 Å². The molecule has 7 nitrogen and oxygen atoms in total. The maximum Gasteiger partial charge on any atom is 0.255 e. The molecule has 1 aliphatic rings. The summed E-state index contributed by atoms with van der Waals surface area (Å²) in [6.45, 7) is 3.50. The Morgan fingerprint density at radius 2 is 1.63 bits per heavy atom. The van der Waals surface area contributed by atoms with Gasteiger partial charge in [0.2, 0.25) is 10.0 Å². The molecule has 184 valence electrons. The molecule has 3 aromatic carbocycles. The van der Waals surface area contributed by atoms with Crippen LogP contribution in [0.4, 0.5) is 21.5 Å². The van der Waals surface area contributed by atoms with Crippen LogP contribution in [0.15, 0.2) is 71.6 Å². The second-order valence-electron chi connectivity index (χ2n) is 8.74. The molecule has 35 heavy (non-hydrogen) atoms. The second kappa shape index (κ2) is 10.1. The van der Waals surface area contributed by atoms with Crippen molar-refractivity contribution in [2.45, 2.75) is 11.8 Å². The van der Waals surface area contributed by atoms with Gasteiger partial charge in [0.25, 0.3) is 5.91 Å². The molecular weight excluding hydrogens is 467 g/mol. The number of nitrogens with one attached hydrogen (secondary N) is 1. The van der Waals surface area contributed by atoms with Crippen molar-refractivity contribution in [2.24, 2.45) is 0 Å². The van der Waals surface area contributed by atoms with Gasteiger partial charge < -0.3 is 15.1 Å². The van der Waals surface area contributed by atoms with E-state index in [2.05, 4.69) is 5.32 Å². The molecule has 1 heterocycles. The third-order valence-electron chi connectivity index (χ3n) is 6.14. The van der Waals surface area contributed by atoms with Gasteiger partial charge in [-0.1, -0.05) is 6.07 Å². The van der Waals surface area contributed by atoms with E-state index in [1.54, 1.807) is 24.3 Å². The number of amides is 1. The van der Waals surface area contributed by atoms with E-state index in [0.717, 1.165) is 16.9 Å². The molecule has 0 unspecified atom stereocenters. The number of aryl methyl sites for hydroxylation is 1. The third-order valence-corrected chi connectivity index (χ3v) is 8.03. The van der Waals surface area contributed by atoms with Crippen molar-refractivity contribution in [3.63, 3.8) is 0 Å². The van der Waals surface area contributed by atoms with E-state index in [4.69, 9.17) is 0 Å². The lowest BCUT2D eigenvalue weighted by atomic mass is 10.1. The Kier molecular flexibility index (Phi) is 7.09. The molecule has 3 aromatic rings. The first-order chi connectivity index (χ1) is 16.6. The van der Waals surface area contributed by atoms with Crippen LogP contribution in [0.2, 0.25) is 0 Å². The summed E-state index contributed by atoms with van der Waals surface area (Å²) in [4.78, 5) is 17.0. The summed E-state index contributed by atoms with van der Waals surface area (Å²) >= 11 is 0. The number of hydrogen-bond donors (Lipinski definition) is 1. The zero-order valence-electron chi connectivity index (χ0n) is 20.0. The van der Waals surface area contributed by atoms with E-state index in [-0.39, 0.29) is 22.2 Å². The van der Waals surface area contributed by atoms with E-state index in [1.807, 2.05) is 49.0 Å². The quantitative estimate of drug-likeness (QED) is 0.559. The van der Waals surface area contributed by atoms with Crippen molar-refractivity contribution < 1.29 is 17.6 Å². The zero-order chi connectivity index (χ0) is 25.2. The molecule has 0 aromatic heterocycles. The summed E-state index contributed by atoms with van der Waals surface area (Å²) in [5, 5.41) is 2.88. The Morgan fingerprint density at radius 1 is 0.943 bits per heavy atom. The van der Waals surface area contributed by atoms with Crippen molar-refractivity contribution in [2.75, 3.05) is 55.4 Å². The maximum absolute atomic E-state index is 13.3. The first-order valence-corrected chi connectivity index (χ1v) is 12.8. The van der Waals surface area contributed by atoms with E-state index in [9.17, 15) is 17.6 Å². The zero-order valence-corrected chi connectivity index (χ0v) is 20.8. The van der Waals surface area contributed by atoms with Crippen molar-refractivity contribution >= 4 is 33.0 Å². The molecule has 1 aliphatic heterocycles. The molecule has 0 atom stereocenters. The molecule has 0 spiro atoms. The average Bonchev–Trinajstić information content (AvgIpc) is 2.85. The monoisotopic (exact) mass is 496 g/mol. The third kappa shape index (κ3) is 5.47. The summed E-state index contributed by atoms with van der Waals surface area (Å²) in [6, 6.07) is 18.0. The van der Waals surface area contributed by atoms with Gasteiger partial charge >= 0.3 is 0 Å². The minimum atomic E-state index is -3.77. The maximum atomic E-state index is 13.3. The average molecular weight is 497 g/mol. The van der Waals surface area contributed by atoms with E-state index in [1.165, 1.54) is 28.6 Å². The highest BCUT2D eigenvalue weighted by Gasteiger charge is 2.29. The summed E-state index contributed by atoms with van der Waals surface area (Å²) < 4.78 is 41.2. The highest BCUT2D eigenvalue weighted by molar-refractivity contribution is 7.89. The van der Waals surface area contributed by atoms with Crippen LogP contribution in [-0.4, -0.2) is 58.9 Å². The Bertz CT molecular complexity index is 1320. The predicted octanol–water partition coefficient (Wildman–Crippen LogP) is 3.96. The smallest absolute Gasteiger partial charge is 0.255 e. The minimum absolute atomic E-state index is 0.0834. The molecule has 4 rings (SSSR count). The Labute approximate surface area is 205 Å². The van der Waals surface area contributed by atoms with Gasteiger partial charge in [-0.15, -0.1) is 0 Å². The first-order valence-electron chi connectivity index (χ1n) is 11.4. The van der Waals surface area contributed by atoms with E-state index in [0.29, 0.717) is 31.9 Å². The van der Waals surface area contributed by atoms with Crippen LogP contribution in [0.5, 0.6) is 0 Å². The lowest BCUT2D eigenvalue weighted by molar-refractivity contribution is 0.102. The number of halogens is 1. The number of nitrogens with zero attached hydrogens (tertiary/aromatic N) is 3. The number of anilines is 3. The Balaban J connectivity index is 1.46. The highest BCUT2D eigenvalue weighted by Crippen LogP contribution is 2.24. The standard InChI is InChI=1S/C26H29FN4O3S/c1-19-17-23(29(2)3)11-12-25(19)28-26(32)20-5-4-6-24(18-20)35(33,34)31-15-13-30(14-16-31)22-9-7-21(27)8-10-22/h4-12,17-18H,13-16H2,1-3H3,(H,28,32). The van der Waals surface area contributed by atoms with Gasteiger partial charge in [-0.05, 0) is 73.2 Å². The largest absolute Gasteiger partial charge is 0.378 e. The van der Waals surface area contributed by atoms with Crippen molar-refractivity contribution in [3.8, 4) is 0 Å². The van der Waals surface area contributed by atoms with Crippen molar-refractivity contribution in [1.29, 1.82) is 0 Å². The van der Waals surface area contributed by atoms with Gasteiger partial charge in [0.15, 0.2) is 0 Å². The molecule has 0 radical (unpaired) electrons. The van der Waals surface area contributed by atoms with Crippen LogP contribution < -0.4 is 15.1 Å². The number of rotatable bonds is 6. The Hall–Kier alpha value is -3.43. The van der Waals surface area contributed by atoms with Crippen LogP contribution in [-0.2, 0) is 10.0 Å². The molecule has 1 N–H and O–H groups in total. The predicted molar refractivity (Wildman–Crippen MR) is 137 cm³/mol. The summed E-state index contributed by atoms with van der Waals surface area (Å²) in [7, 11) is 0.127. The first kappa shape index (κ1) is 24.7. The van der Waals surface area contributed by atoms with E-state index >= 15 is 0 Å². The number of sulfonamides is 1. The fourth-order valence-corrected chi connectivity index (χ4v) is 5.51. The van der Waals surface area contributed by atoms with Gasteiger partial charge in [0.1, 0.15) is 5.82 Å². The minimum Gasteiger partial charge on any atom is -0.378 e. The van der Waals surface area contributed by atoms with Crippen LogP contribution >= 0.6 is 0 Å². The normalized spacial score (nSPS) is 14.6. The summed E-state index contributed by atoms with van der Waals surface area (Å²) in [5.41, 5.74) is 3.73. The van der Waals surface area contributed by atoms with Crippen LogP contribution in [0, 0.1) is 12.7 Å². The summed E-state index contributed by atoms with van der Waals surface area (Å²) in [5.74, 6) is -0.677. The number of carbonyl (C=O) groups excluding carboxylic acids is 1. The molecule has 0 aliphatic carbocycles. The number of carbonyl (C=O) groups is 1. The lowest BCUT2D eigenvalue weighted by Gasteiger charge is -2.35. The highest BCUT2D eigenvalue weighted by atomic mass is 32.2. The molecule has 9 heteroatoms. The van der Waals surface area contributed by atoms with Crippen LogP contribution in [0.1, 0.15) is 15.9 Å². The van der Waals surface area contributed by atoms with Gasteiger partial charge in [0.05, 0.1) is 4.90 Å². The molecule has 1 saturated heterocycles. The van der Waals surface area contributed by atoms with E-state index < -0.39 is 10.0 Å². The Morgan fingerprint density at radius 3 is 2.26 bits per heavy atom. The number of hydrogen-bond acceptors (Lipinski definition) is 5. The van der Waals surface area contributed by atoms with Crippen molar-refractivity contribution in [1.82, 2.24) is 4.31 Å². The van der Waals surface area contributed by atoms with Crippen LogP contribution in [0.3, 0.4) is 0 Å². The fraction of sp³-hybridized carbons (Fsp3) is 0.269. The number of piperazine rings is 1. The lowest BCUT2D eigenvalue weighted by Crippen LogP contribution is -2.48.